The number of ether oxygens (including phenoxy) is 4. The second kappa shape index (κ2) is 6.01. The molecule has 158 valence electrons. The lowest BCUT2D eigenvalue weighted by atomic mass is 9.62. The monoisotopic (exact) mass is 419 g/mol. The molecule has 5 aliphatic rings. The van der Waals surface area contributed by atoms with E-state index in [1.165, 1.54) is 0 Å². The van der Waals surface area contributed by atoms with Crippen LogP contribution >= 0.6 is 0 Å². The Bertz CT molecular complexity index is 1120. The first-order valence-electron chi connectivity index (χ1n) is 10.8. The fourth-order valence-corrected chi connectivity index (χ4v) is 6.24. The summed E-state index contributed by atoms with van der Waals surface area (Å²) < 4.78 is 22.9. The maximum absolute atomic E-state index is 13.6. The number of nitrogens with zero attached hydrogens (tertiary/aromatic N) is 1. The molecule has 4 aliphatic heterocycles. The predicted octanol–water partition coefficient (Wildman–Crippen LogP) is 2.63. The number of hydrogen-bond donors (Lipinski definition) is 0. The van der Waals surface area contributed by atoms with Gasteiger partial charge in [-0.1, -0.05) is 30.3 Å². The van der Waals surface area contributed by atoms with Gasteiger partial charge in [-0.15, -0.1) is 0 Å². The van der Waals surface area contributed by atoms with Gasteiger partial charge in [-0.05, 0) is 36.1 Å². The van der Waals surface area contributed by atoms with Crippen molar-refractivity contribution < 1.29 is 28.5 Å². The highest BCUT2D eigenvalue weighted by Gasteiger charge is 2.73. The Labute approximate surface area is 178 Å². The van der Waals surface area contributed by atoms with Crippen LogP contribution in [0.5, 0.6) is 11.5 Å². The average molecular weight is 419 g/mol. The Kier molecular flexibility index (Phi) is 3.41. The van der Waals surface area contributed by atoms with Gasteiger partial charge in [0.2, 0.25) is 6.79 Å². The third-order valence-electron chi connectivity index (χ3n) is 7.62. The van der Waals surface area contributed by atoms with E-state index in [9.17, 15) is 9.59 Å². The summed E-state index contributed by atoms with van der Waals surface area (Å²) in [6.07, 6.45) is 1.21. The van der Waals surface area contributed by atoms with Crippen LogP contribution in [-0.2, 0) is 20.9 Å². The third-order valence-corrected chi connectivity index (χ3v) is 7.62. The molecule has 7 nitrogen and oxygen atoms in total. The highest BCUT2D eigenvalue weighted by molar-refractivity contribution is 6.00. The van der Waals surface area contributed by atoms with E-state index in [2.05, 4.69) is 0 Å². The van der Waals surface area contributed by atoms with Gasteiger partial charge in [-0.3, -0.25) is 9.59 Å². The molecule has 7 rings (SSSR count). The number of carbonyl (C=O) groups is 2. The molecular formula is C24H21NO6. The number of amides is 1. The molecule has 0 radical (unpaired) electrons. The molecule has 0 N–H and O–H groups in total. The Morgan fingerprint density at radius 1 is 1.16 bits per heavy atom. The minimum absolute atomic E-state index is 0.0118. The zero-order valence-electron chi connectivity index (χ0n) is 16.8. The van der Waals surface area contributed by atoms with E-state index >= 15 is 0 Å². The van der Waals surface area contributed by atoms with Gasteiger partial charge in [0.05, 0.1) is 12.1 Å². The van der Waals surface area contributed by atoms with Crippen molar-refractivity contribution >= 4 is 11.9 Å². The highest BCUT2D eigenvalue weighted by Crippen LogP contribution is 2.63. The molecule has 2 saturated heterocycles. The first-order valence-corrected chi connectivity index (χ1v) is 10.8. The summed E-state index contributed by atoms with van der Waals surface area (Å²) >= 11 is 0. The predicted molar refractivity (Wildman–Crippen MR) is 107 cm³/mol. The van der Waals surface area contributed by atoms with Crippen LogP contribution in [0.3, 0.4) is 0 Å². The number of hydrogen-bond acceptors (Lipinski definition) is 6. The number of benzene rings is 2. The molecule has 1 aliphatic carbocycles. The van der Waals surface area contributed by atoms with Gasteiger partial charge in [-0.2, -0.15) is 0 Å². The molecule has 1 saturated carbocycles. The second-order valence-electron chi connectivity index (χ2n) is 9.03. The van der Waals surface area contributed by atoms with Crippen LogP contribution in [0.25, 0.3) is 0 Å². The van der Waals surface area contributed by atoms with Crippen molar-refractivity contribution in [2.75, 3.05) is 13.3 Å². The summed E-state index contributed by atoms with van der Waals surface area (Å²) in [5.74, 6) is 0.978. The van der Waals surface area contributed by atoms with Crippen molar-refractivity contribution in [1.82, 2.24) is 4.90 Å². The average Bonchev–Trinajstić information content (AvgIpc) is 3.25. The normalized spacial score (nSPS) is 33.4. The second-order valence-corrected chi connectivity index (χ2v) is 9.03. The zero-order chi connectivity index (χ0) is 20.7. The molecule has 2 aromatic rings. The van der Waals surface area contributed by atoms with Gasteiger partial charge in [0.1, 0.15) is 18.1 Å². The van der Waals surface area contributed by atoms with Gasteiger partial charge < -0.3 is 23.8 Å². The Balaban J connectivity index is 1.28. The van der Waals surface area contributed by atoms with Crippen molar-refractivity contribution in [2.45, 2.75) is 43.6 Å². The summed E-state index contributed by atoms with van der Waals surface area (Å²) in [6, 6.07) is 13.1. The molecule has 0 spiro atoms. The Hall–Kier alpha value is -3.06. The quantitative estimate of drug-likeness (QED) is 0.562. The van der Waals surface area contributed by atoms with Crippen molar-refractivity contribution in [3.05, 3.63) is 59.2 Å². The molecule has 3 fully saturated rings. The molecule has 31 heavy (non-hydrogen) atoms. The van der Waals surface area contributed by atoms with E-state index in [0.717, 1.165) is 17.5 Å². The van der Waals surface area contributed by atoms with Crippen LogP contribution in [0.2, 0.25) is 0 Å². The van der Waals surface area contributed by atoms with Crippen molar-refractivity contribution in [2.24, 2.45) is 5.41 Å². The standard InChI is InChI=1S/C24H21NO6/c26-22-16-10-18-17(29-12-30-18)8-14(16)15-9-19-21(31-19)24(6-7-25(22)20(15)24)23(27)28-11-13-4-2-1-3-5-13/h1-5,8,10,15,19-21H,6-7,9,11-12H2/t15-,19-,20-,21-,24+/m1/s1. The fraction of sp³-hybridized carbons (Fsp3) is 0.417. The van der Waals surface area contributed by atoms with Gasteiger partial charge in [0, 0.05) is 18.0 Å². The molecule has 4 heterocycles. The van der Waals surface area contributed by atoms with Gasteiger partial charge in [0.15, 0.2) is 11.5 Å². The molecule has 0 bridgehead atoms. The van der Waals surface area contributed by atoms with E-state index in [1.807, 2.05) is 41.3 Å². The highest BCUT2D eigenvalue weighted by atomic mass is 16.7. The summed E-state index contributed by atoms with van der Waals surface area (Å²) in [5, 5.41) is 0. The van der Waals surface area contributed by atoms with Crippen molar-refractivity contribution in [3.63, 3.8) is 0 Å². The summed E-state index contributed by atoms with van der Waals surface area (Å²) in [6.45, 7) is 0.911. The maximum Gasteiger partial charge on any atom is 0.317 e. The van der Waals surface area contributed by atoms with E-state index in [4.69, 9.17) is 18.9 Å². The van der Waals surface area contributed by atoms with Crippen molar-refractivity contribution in [1.29, 1.82) is 0 Å². The number of esters is 1. The first kappa shape index (κ1) is 17.6. The van der Waals surface area contributed by atoms with Crippen molar-refractivity contribution in [3.8, 4) is 11.5 Å². The number of carbonyl (C=O) groups excluding carboxylic acids is 2. The molecule has 0 unspecified atom stereocenters. The molecule has 7 heteroatoms. The van der Waals surface area contributed by atoms with E-state index in [0.29, 0.717) is 30.0 Å². The SMILES string of the molecule is O=C1c2cc3c(cc2[C@H]2C[C@H]4O[C@H]4[C@]4(C(=O)OCc5ccccc5)CCN1[C@H]24)OCO3. The molecular weight excluding hydrogens is 398 g/mol. The minimum atomic E-state index is -0.813. The molecule has 2 aromatic carbocycles. The maximum atomic E-state index is 13.6. The minimum Gasteiger partial charge on any atom is -0.460 e. The third kappa shape index (κ3) is 2.27. The van der Waals surface area contributed by atoms with E-state index < -0.39 is 5.41 Å². The van der Waals surface area contributed by atoms with Crippen LogP contribution in [-0.4, -0.2) is 48.4 Å². The lowest BCUT2D eigenvalue weighted by Crippen LogP contribution is -2.58. The lowest BCUT2D eigenvalue weighted by molar-refractivity contribution is -0.161. The van der Waals surface area contributed by atoms with Gasteiger partial charge in [0.25, 0.3) is 5.91 Å². The van der Waals surface area contributed by atoms with Crippen LogP contribution in [0.15, 0.2) is 42.5 Å². The molecule has 1 amide bonds. The Morgan fingerprint density at radius 2 is 1.97 bits per heavy atom. The van der Waals surface area contributed by atoms with E-state index in [1.54, 1.807) is 6.07 Å². The summed E-state index contributed by atoms with van der Waals surface area (Å²) in [5.41, 5.74) is 1.72. The molecule has 0 aromatic heterocycles. The largest absolute Gasteiger partial charge is 0.460 e. The van der Waals surface area contributed by atoms with E-state index in [-0.39, 0.29) is 49.4 Å². The van der Waals surface area contributed by atoms with Crippen LogP contribution < -0.4 is 9.47 Å². The van der Waals surface area contributed by atoms with Gasteiger partial charge >= 0.3 is 5.97 Å². The van der Waals surface area contributed by atoms with Gasteiger partial charge in [-0.25, -0.2) is 0 Å². The lowest BCUT2D eigenvalue weighted by Gasteiger charge is -2.46. The van der Waals surface area contributed by atoms with Crippen LogP contribution in [0.4, 0.5) is 0 Å². The van der Waals surface area contributed by atoms with Crippen LogP contribution in [0, 0.1) is 5.41 Å². The number of fused-ring (bicyclic) bond motifs is 5. The number of rotatable bonds is 3. The summed E-state index contributed by atoms with van der Waals surface area (Å²) in [4.78, 5) is 28.9. The Morgan fingerprint density at radius 3 is 2.81 bits per heavy atom. The number of epoxide rings is 1. The first-order chi connectivity index (χ1) is 15.2. The fourth-order valence-electron chi connectivity index (χ4n) is 6.24. The zero-order valence-corrected chi connectivity index (χ0v) is 16.8. The summed E-state index contributed by atoms with van der Waals surface area (Å²) in [7, 11) is 0. The van der Waals surface area contributed by atoms with Crippen LogP contribution in [0.1, 0.15) is 40.2 Å². The molecule has 5 atom stereocenters. The smallest absolute Gasteiger partial charge is 0.317 e. The topological polar surface area (TPSA) is 77.6 Å².